The molecule has 32 heavy (non-hydrogen) atoms. The lowest BCUT2D eigenvalue weighted by molar-refractivity contribution is -0.0454. The van der Waals surface area contributed by atoms with E-state index in [9.17, 15) is 9.90 Å². The van der Waals surface area contributed by atoms with Gasteiger partial charge in [-0.2, -0.15) is 0 Å². The summed E-state index contributed by atoms with van der Waals surface area (Å²) in [4.78, 5) is 17.6. The van der Waals surface area contributed by atoms with Crippen LogP contribution in [-0.4, -0.2) is 57.9 Å². The molecule has 1 amide bonds. The van der Waals surface area contributed by atoms with Crippen molar-refractivity contribution in [2.24, 2.45) is 0 Å². The van der Waals surface area contributed by atoms with Gasteiger partial charge in [0.2, 0.25) is 0 Å². The van der Waals surface area contributed by atoms with Gasteiger partial charge >= 0.3 is 6.09 Å². The number of nitrogens with zero attached hydrogens (tertiary/aromatic N) is 2. The number of carbonyl (C=O) groups excluding carboxylic acids is 1. The quantitative estimate of drug-likeness (QED) is 0.717. The first-order chi connectivity index (χ1) is 15.3. The van der Waals surface area contributed by atoms with Crippen molar-refractivity contribution >= 4 is 6.09 Å². The molecule has 1 saturated carbocycles. The summed E-state index contributed by atoms with van der Waals surface area (Å²) in [6.45, 7) is 7.38. The molecule has 0 atom stereocenters. The van der Waals surface area contributed by atoms with Crippen LogP contribution in [0.5, 0.6) is 0 Å². The fraction of sp³-hybridized carbons (Fsp3) is 0.519. The zero-order valence-corrected chi connectivity index (χ0v) is 19.5. The number of hydrogen-bond donors (Lipinski definition) is 1. The lowest BCUT2D eigenvalue weighted by Crippen LogP contribution is -2.64. The minimum atomic E-state index is -0.524. The monoisotopic (exact) mass is 436 g/mol. The largest absolute Gasteiger partial charge is 0.444 e. The predicted molar refractivity (Wildman–Crippen MR) is 126 cm³/mol. The molecule has 4 rings (SSSR count). The Balaban J connectivity index is 1.53. The third-order valence-electron chi connectivity index (χ3n) is 6.54. The number of hydrogen-bond acceptors (Lipinski definition) is 4. The average molecular weight is 437 g/mol. The Bertz CT molecular complexity index is 827. The molecule has 1 saturated heterocycles. The SMILES string of the molecule is CC(C)(C)OC(=O)N(C1CCC(O)CC1)C1CN(C(c2ccccc2)c2ccccc2)C1. The first kappa shape index (κ1) is 22.8. The van der Waals surface area contributed by atoms with E-state index in [1.165, 1.54) is 11.1 Å². The maximum atomic E-state index is 13.2. The molecule has 0 aromatic heterocycles. The van der Waals surface area contributed by atoms with Crippen LogP contribution in [0.1, 0.15) is 63.6 Å². The van der Waals surface area contributed by atoms with E-state index >= 15 is 0 Å². The van der Waals surface area contributed by atoms with E-state index in [-0.39, 0.29) is 30.3 Å². The molecule has 172 valence electrons. The van der Waals surface area contributed by atoms with Crippen LogP contribution < -0.4 is 0 Å². The molecule has 5 nitrogen and oxygen atoms in total. The summed E-state index contributed by atoms with van der Waals surface area (Å²) in [7, 11) is 0. The van der Waals surface area contributed by atoms with Gasteiger partial charge < -0.3 is 9.84 Å². The molecule has 2 aromatic carbocycles. The lowest BCUT2D eigenvalue weighted by atomic mass is 9.88. The van der Waals surface area contributed by atoms with Crippen LogP contribution >= 0.6 is 0 Å². The van der Waals surface area contributed by atoms with Crippen LogP contribution in [0.15, 0.2) is 60.7 Å². The molecule has 2 aliphatic rings. The van der Waals surface area contributed by atoms with Crippen LogP contribution in [0.4, 0.5) is 4.79 Å². The summed E-state index contributed by atoms with van der Waals surface area (Å²) in [5.74, 6) is 0. The second-order valence-corrected chi connectivity index (χ2v) is 10.2. The fourth-order valence-corrected chi connectivity index (χ4v) is 5.01. The van der Waals surface area contributed by atoms with Crippen molar-refractivity contribution in [1.82, 2.24) is 9.80 Å². The molecule has 1 aliphatic carbocycles. The van der Waals surface area contributed by atoms with Gasteiger partial charge in [0.15, 0.2) is 0 Å². The molecule has 2 aromatic rings. The van der Waals surface area contributed by atoms with Crippen molar-refractivity contribution in [3.8, 4) is 0 Å². The normalized spacial score (nSPS) is 22.4. The van der Waals surface area contributed by atoms with E-state index < -0.39 is 5.60 Å². The molecule has 0 bridgehead atoms. The first-order valence-electron chi connectivity index (χ1n) is 11.8. The third kappa shape index (κ3) is 5.33. The first-order valence-corrected chi connectivity index (χ1v) is 11.8. The molecule has 2 fully saturated rings. The average Bonchev–Trinajstić information content (AvgIpc) is 2.73. The second-order valence-electron chi connectivity index (χ2n) is 10.2. The van der Waals surface area contributed by atoms with Gasteiger partial charge in [0.1, 0.15) is 5.60 Å². The summed E-state index contributed by atoms with van der Waals surface area (Å²) in [6, 6.07) is 21.6. The highest BCUT2D eigenvalue weighted by Gasteiger charge is 2.43. The molecule has 0 spiro atoms. The number of ether oxygens (including phenoxy) is 1. The van der Waals surface area contributed by atoms with Crippen LogP contribution in [0, 0.1) is 0 Å². The summed E-state index contributed by atoms with van der Waals surface area (Å²) in [6.07, 6.45) is 2.69. The van der Waals surface area contributed by atoms with Gasteiger partial charge in [-0.3, -0.25) is 9.80 Å². The molecule has 5 heteroatoms. The highest BCUT2D eigenvalue weighted by Crippen LogP contribution is 2.36. The molecule has 1 N–H and O–H groups in total. The minimum Gasteiger partial charge on any atom is -0.444 e. The van der Waals surface area contributed by atoms with Crippen molar-refractivity contribution in [3.05, 3.63) is 71.8 Å². The Hall–Kier alpha value is -2.37. The molecular weight excluding hydrogens is 400 g/mol. The highest BCUT2D eigenvalue weighted by atomic mass is 16.6. The second kappa shape index (κ2) is 9.63. The van der Waals surface area contributed by atoms with E-state index in [0.29, 0.717) is 0 Å². The number of benzene rings is 2. The maximum Gasteiger partial charge on any atom is 0.410 e. The van der Waals surface area contributed by atoms with Crippen LogP contribution in [0.2, 0.25) is 0 Å². The summed E-state index contributed by atoms with van der Waals surface area (Å²) < 4.78 is 5.81. The standard InChI is InChI=1S/C27H36N2O3/c1-27(2,3)32-26(31)29(22-14-16-24(30)17-15-22)23-18-28(19-23)25(20-10-6-4-7-11-20)21-12-8-5-9-13-21/h4-13,22-25,30H,14-19H2,1-3H3. The number of likely N-dealkylation sites (tertiary alicyclic amines) is 1. The van der Waals surface area contributed by atoms with Gasteiger partial charge in [-0.25, -0.2) is 4.79 Å². The number of rotatable bonds is 5. The smallest absolute Gasteiger partial charge is 0.410 e. The molecular formula is C27H36N2O3. The Kier molecular flexibility index (Phi) is 6.87. The third-order valence-corrected chi connectivity index (χ3v) is 6.54. The van der Waals surface area contributed by atoms with Gasteiger partial charge in [0, 0.05) is 19.1 Å². The maximum absolute atomic E-state index is 13.2. The van der Waals surface area contributed by atoms with E-state index in [4.69, 9.17) is 4.74 Å². The van der Waals surface area contributed by atoms with Crippen molar-refractivity contribution in [1.29, 1.82) is 0 Å². The Labute approximate surface area is 192 Å². The Morgan fingerprint density at radius 1 is 0.906 bits per heavy atom. The van der Waals surface area contributed by atoms with Gasteiger partial charge in [-0.1, -0.05) is 60.7 Å². The number of aliphatic hydroxyl groups excluding tert-OH is 1. The predicted octanol–water partition coefficient (Wildman–Crippen LogP) is 5.00. The van der Waals surface area contributed by atoms with E-state index in [2.05, 4.69) is 53.4 Å². The highest BCUT2D eigenvalue weighted by molar-refractivity contribution is 5.69. The van der Waals surface area contributed by atoms with Crippen molar-refractivity contribution < 1.29 is 14.6 Å². The van der Waals surface area contributed by atoms with Gasteiger partial charge in [0.05, 0.1) is 18.2 Å². The van der Waals surface area contributed by atoms with E-state index in [1.54, 1.807) is 0 Å². The molecule has 1 heterocycles. The number of carbonyl (C=O) groups is 1. The molecule has 1 aliphatic heterocycles. The topological polar surface area (TPSA) is 53.0 Å². The van der Waals surface area contributed by atoms with Crippen LogP contribution in [0.3, 0.4) is 0 Å². The van der Waals surface area contributed by atoms with Crippen molar-refractivity contribution in [3.63, 3.8) is 0 Å². The summed E-state index contributed by atoms with van der Waals surface area (Å²) in [5.41, 5.74) is 2.01. The van der Waals surface area contributed by atoms with Gasteiger partial charge in [-0.05, 0) is 57.6 Å². The Morgan fingerprint density at radius 3 is 1.88 bits per heavy atom. The van der Waals surface area contributed by atoms with Crippen molar-refractivity contribution in [2.45, 2.75) is 76.3 Å². The summed E-state index contributed by atoms with van der Waals surface area (Å²) in [5, 5.41) is 9.97. The van der Waals surface area contributed by atoms with Gasteiger partial charge in [-0.15, -0.1) is 0 Å². The summed E-state index contributed by atoms with van der Waals surface area (Å²) >= 11 is 0. The number of aliphatic hydroxyl groups is 1. The van der Waals surface area contributed by atoms with E-state index in [0.717, 1.165) is 38.8 Å². The van der Waals surface area contributed by atoms with Crippen molar-refractivity contribution in [2.75, 3.05) is 13.1 Å². The molecule has 0 radical (unpaired) electrons. The molecule has 0 unspecified atom stereocenters. The zero-order valence-electron chi connectivity index (χ0n) is 19.5. The fourth-order valence-electron chi connectivity index (χ4n) is 5.01. The van der Waals surface area contributed by atoms with E-state index in [1.807, 2.05) is 37.8 Å². The Morgan fingerprint density at radius 2 is 1.41 bits per heavy atom. The number of amides is 1. The van der Waals surface area contributed by atoms with Crippen LogP contribution in [-0.2, 0) is 4.74 Å². The van der Waals surface area contributed by atoms with Gasteiger partial charge in [0.25, 0.3) is 0 Å². The zero-order chi connectivity index (χ0) is 22.7. The lowest BCUT2D eigenvalue weighted by Gasteiger charge is -2.51. The minimum absolute atomic E-state index is 0.125. The van der Waals surface area contributed by atoms with Crippen LogP contribution in [0.25, 0.3) is 0 Å².